The van der Waals surface area contributed by atoms with E-state index in [1.54, 1.807) is 19.2 Å². The van der Waals surface area contributed by atoms with Crippen molar-refractivity contribution in [3.05, 3.63) is 63.0 Å². The molecule has 2 aliphatic heterocycles. The lowest BCUT2D eigenvalue weighted by molar-refractivity contribution is -0.136. The molecule has 0 bridgehead atoms. The predicted molar refractivity (Wildman–Crippen MR) is 106 cm³/mol. The smallest absolute Gasteiger partial charge is 0.338 e. The Bertz CT molecular complexity index is 1050. The third-order valence-corrected chi connectivity index (χ3v) is 5.99. The van der Waals surface area contributed by atoms with E-state index in [9.17, 15) is 14.0 Å². The third-order valence-electron chi connectivity index (χ3n) is 5.22. The minimum absolute atomic E-state index is 0.306. The van der Waals surface area contributed by atoms with Crippen LogP contribution in [0.3, 0.4) is 0 Å². The van der Waals surface area contributed by atoms with Crippen LogP contribution in [0.2, 0.25) is 0 Å². The molecular weight excluding hydrogens is 395 g/mol. The SMILES string of the molecule is COC(=O)C1=C2CC(C(N)=O)CN2C(c2nccs2)=NC1c1ccc(F)cc1C. The van der Waals surface area contributed by atoms with E-state index in [1.165, 1.54) is 30.6 Å². The Morgan fingerprint density at radius 1 is 1.38 bits per heavy atom. The van der Waals surface area contributed by atoms with Crippen LogP contribution in [0.1, 0.15) is 28.6 Å². The summed E-state index contributed by atoms with van der Waals surface area (Å²) in [5.41, 5.74) is 7.90. The van der Waals surface area contributed by atoms with Crippen LogP contribution in [0.5, 0.6) is 0 Å². The largest absolute Gasteiger partial charge is 0.466 e. The van der Waals surface area contributed by atoms with Crippen molar-refractivity contribution < 1.29 is 18.7 Å². The molecule has 0 radical (unpaired) electrons. The van der Waals surface area contributed by atoms with E-state index in [2.05, 4.69) is 4.98 Å². The zero-order chi connectivity index (χ0) is 20.7. The minimum Gasteiger partial charge on any atom is -0.466 e. The van der Waals surface area contributed by atoms with E-state index in [4.69, 9.17) is 15.5 Å². The number of aromatic nitrogens is 1. The van der Waals surface area contributed by atoms with Gasteiger partial charge in [0.15, 0.2) is 10.8 Å². The number of fused-ring (bicyclic) bond motifs is 1. The van der Waals surface area contributed by atoms with Crippen LogP contribution in [0.15, 0.2) is 46.0 Å². The van der Waals surface area contributed by atoms with Crippen LogP contribution in [0.4, 0.5) is 4.39 Å². The fraction of sp³-hybridized carbons (Fsp3) is 0.300. The lowest BCUT2D eigenvalue weighted by Crippen LogP contribution is -2.36. The number of methoxy groups -OCH3 is 1. The number of rotatable bonds is 4. The van der Waals surface area contributed by atoms with Gasteiger partial charge in [-0.25, -0.2) is 14.2 Å². The molecule has 2 N–H and O–H groups in total. The molecule has 3 heterocycles. The number of amides is 1. The van der Waals surface area contributed by atoms with Gasteiger partial charge in [0.1, 0.15) is 11.9 Å². The van der Waals surface area contributed by atoms with Gasteiger partial charge in [-0.2, -0.15) is 0 Å². The molecule has 1 amide bonds. The van der Waals surface area contributed by atoms with Crippen LogP contribution in [0, 0.1) is 18.7 Å². The topological polar surface area (TPSA) is 97.9 Å². The van der Waals surface area contributed by atoms with Crippen molar-refractivity contribution in [1.82, 2.24) is 9.88 Å². The van der Waals surface area contributed by atoms with Crippen molar-refractivity contribution in [3.8, 4) is 0 Å². The van der Waals surface area contributed by atoms with Gasteiger partial charge in [0.05, 0.1) is 18.6 Å². The second kappa shape index (κ2) is 7.40. The number of nitrogens with zero attached hydrogens (tertiary/aromatic N) is 3. The van der Waals surface area contributed by atoms with Crippen LogP contribution >= 0.6 is 11.3 Å². The van der Waals surface area contributed by atoms with E-state index in [1.807, 2.05) is 10.3 Å². The summed E-state index contributed by atoms with van der Waals surface area (Å²) < 4.78 is 18.7. The third kappa shape index (κ3) is 3.31. The summed E-state index contributed by atoms with van der Waals surface area (Å²) in [5.74, 6) is -1.23. The van der Waals surface area contributed by atoms with E-state index in [-0.39, 0.29) is 5.82 Å². The Morgan fingerprint density at radius 3 is 2.79 bits per heavy atom. The van der Waals surface area contributed by atoms with Gasteiger partial charge in [-0.15, -0.1) is 11.3 Å². The molecule has 2 aliphatic rings. The van der Waals surface area contributed by atoms with Crippen molar-refractivity contribution in [2.24, 2.45) is 16.6 Å². The maximum atomic E-state index is 13.7. The number of aryl methyl sites for hydroxylation is 1. The molecule has 1 aromatic heterocycles. The molecule has 2 unspecified atom stereocenters. The zero-order valence-corrected chi connectivity index (χ0v) is 16.7. The summed E-state index contributed by atoms with van der Waals surface area (Å²) in [6.45, 7) is 2.09. The number of ether oxygens (including phenoxy) is 1. The molecule has 9 heteroatoms. The molecule has 1 saturated heterocycles. The second-order valence-corrected chi connectivity index (χ2v) is 7.85. The number of hydrogen-bond donors (Lipinski definition) is 1. The van der Waals surface area contributed by atoms with Crippen LogP contribution in [0.25, 0.3) is 0 Å². The van der Waals surface area contributed by atoms with Gasteiger partial charge in [0.25, 0.3) is 0 Å². The summed E-state index contributed by atoms with van der Waals surface area (Å²) in [6.07, 6.45) is 1.97. The first-order valence-electron chi connectivity index (χ1n) is 9.02. The van der Waals surface area contributed by atoms with Crippen molar-refractivity contribution in [1.29, 1.82) is 0 Å². The number of esters is 1. The number of halogens is 1. The Kier molecular flexibility index (Phi) is 4.91. The van der Waals surface area contributed by atoms with Gasteiger partial charge in [-0.3, -0.25) is 9.79 Å². The standard InChI is InChI=1S/C20H19FN4O3S/c1-10-7-12(21)3-4-13(10)16-15(20(27)28-2)14-8-11(17(22)26)9-25(14)18(24-16)19-23-5-6-29-19/h3-7,11,16H,8-9H2,1-2H3,(H2,22,26). The van der Waals surface area contributed by atoms with E-state index in [0.29, 0.717) is 46.2 Å². The first-order valence-corrected chi connectivity index (χ1v) is 9.90. The van der Waals surface area contributed by atoms with Gasteiger partial charge in [0, 0.05) is 30.2 Å². The van der Waals surface area contributed by atoms with Crippen molar-refractivity contribution in [2.75, 3.05) is 13.7 Å². The Morgan fingerprint density at radius 2 is 2.17 bits per heavy atom. The summed E-state index contributed by atoms with van der Waals surface area (Å²) >= 11 is 1.41. The second-order valence-electron chi connectivity index (χ2n) is 6.96. The van der Waals surface area contributed by atoms with Gasteiger partial charge in [-0.05, 0) is 30.2 Å². The molecule has 1 fully saturated rings. The fourth-order valence-electron chi connectivity index (χ4n) is 3.83. The molecule has 2 atom stereocenters. The number of allylic oxidation sites excluding steroid dienone is 1. The zero-order valence-electron chi connectivity index (χ0n) is 15.9. The van der Waals surface area contributed by atoms with E-state index >= 15 is 0 Å². The van der Waals surface area contributed by atoms with E-state index < -0.39 is 23.8 Å². The number of nitrogens with two attached hydrogens (primary N) is 1. The fourth-order valence-corrected chi connectivity index (χ4v) is 4.47. The quantitative estimate of drug-likeness (QED) is 0.775. The summed E-state index contributed by atoms with van der Waals surface area (Å²) in [6, 6.07) is 3.67. The highest BCUT2D eigenvalue weighted by molar-refractivity contribution is 7.11. The summed E-state index contributed by atoms with van der Waals surface area (Å²) in [4.78, 5) is 35.7. The lowest BCUT2D eigenvalue weighted by atomic mass is 9.91. The number of carbonyl (C=O) groups is 2. The highest BCUT2D eigenvalue weighted by Gasteiger charge is 2.43. The average molecular weight is 414 g/mol. The number of thiazole rings is 1. The van der Waals surface area contributed by atoms with Crippen LogP contribution in [-0.4, -0.2) is 41.3 Å². The maximum Gasteiger partial charge on any atom is 0.338 e. The van der Waals surface area contributed by atoms with E-state index in [0.717, 1.165) is 0 Å². The lowest BCUT2D eigenvalue weighted by Gasteiger charge is -2.31. The number of hydrogen-bond acceptors (Lipinski definition) is 7. The first kappa shape index (κ1) is 19.3. The Balaban J connectivity index is 1.93. The number of benzene rings is 1. The molecule has 29 heavy (non-hydrogen) atoms. The molecule has 2 aromatic rings. The average Bonchev–Trinajstić information content (AvgIpc) is 3.36. The molecule has 0 saturated carbocycles. The molecule has 7 nitrogen and oxygen atoms in total. The van der Waals surface area contributed by atoms with Crippen LogP contribution in [-0.2, 0) is 14.3 Å². The minimum atomic E-state index is -0.695. The summed E-state index contributed by atoms with van der Waals surface area (Å²) in [5, 5.41) is 2.50. The van der Waals surface area contributed by atoms with Gasteiger partial charge in [0.2, 0.25) is 5.91 Å². The van der Waals surface area contributed by atoms with Crippen molar-refractivity contribution in [2.45, 2.75) is 19.4 Å². The molecule has 4 rings (SSSR count). The Labute approximate surface area is 170 Å². The normalized spacial score (nSPS) is 21.1. The highest BCUT2D eigenvalue weighted by Crippen LogP contribution is 2.42. The molecular formula is C20H19FN4O3S. The maximum absolute atomic E-state index is 13.7. The molecule has 1 aromatic carbocycles. The molecule has 0 aliphatic carbocycles. The van der Waals surface area contributed by atoms with Gasteiger partial charge in [-0.1, -0.05) is 6.07 Å². The van der Waals surface area contributed by atoms with Gasteiger partial charge >= 0.3 is 5.97 Å². The first-order chi connectivity index (χ1) is 13.9. The number of aliphatic imine (C=N–C) groups is 1. The highest BCUT2D eigenvalue weighted by atomic mass is 32.1. The molecule has 150 valence electrons. The number of carbonyl (C=O) groups excluding carboxylic acids is 2. The van der Waals surface area contributed by atoms with Crippen molar-refractivity contribution >= 4 is 29.0 Å². The summed E-state index contributed by atoms with van der Waals surface area (Å²) in [7, 11) is 1.30. The van der Waals surface area contributed by atoms with Crippen LogP contribution < -0.4 is 5.73 Å². The van der Waals surface area contributed by atoms with Gasteiger partial charge < -0.3 is 15.4 Å². The number of amidine groups is 1. The van der Waals surface area contributed by atoms with Crippen molar-refractivity contribution in [3.63, 3.8) is 0 Å². The predicted octanol–water partition coefficient (Wildman–Crippen LogP) is 2.33. The Hall–Kier alpha value is -3.07. The number of primary amides is 1. The monoisotopic (exact) mass is 414 g/mol. The molecule has 0 spiro atoms.